The lowest BCUT2D eigenvalue weighted by Gasteiger charge is -2.04. The molecule has 3 aromatic rings. The van der Waals surface area contributed by atoms with Crippen molar-refractivity contribution in [2.45, 2.75) is 6.92 Å². The molecule has 1 N–H and O–H groups in total. The molecule has 0 aliphatic rings. The lowest BCUT2D eigenvalue weighted by Crippen LogP contribution is -2.17. The molecule has 5 heteroatoms. The van der Waals surface area contributed by atoms with Gasteiger partial charge in [0.25, 0.3) is 5.91 Å². The molecule has 0 fully saturated rings. The number of amides is 1. The lowest BCUT2D eigenvalue weighted by molar-refractivity contribution is 0.0734. The maximum absolute atomic E-state index is 12.0. The molecule has 27 heavy (non-hydrogen) atoms. The van der Waals surface area contributed by atoms with Crippen molar-refractivity contribution in [3.8, 4) is 5.75 Å². The van der Waals surface area contributed by atoms with Gasteiger partial charge in [0.15, 0.2) is 0 Å². The zero-order valence-electron chi connectivity index (χ0n) is 14.8. The molecule has 5 nitrogen and oxygen atoms in total. The Bertz CT molecular complexity index is 964. The molecule has 0 bridgehead atoms. The van der Waals surface area contributed by atoms with E-state index in [1.54, 1.807) is 60.7 Å². The predicted molar refractivity (Wildman–Crippen MR) is 104 cm³/mol. The summed E-state index contributed by atoms with van der Waals surface area (Å²) in [6, 6.07) is 22.9. The quantitative estimate of drug-likeness (QED) is 0.325. The first-order chi connectivity index (χ1) is 13.1. The summed E-state index contributed by atoms with van der Waals surface area (Å²) in [7, 11) is 0. The number of nitrogens with zero attached hydrogens (tertiary/aromatic N) is 1. The Morgan fingerprint density at radius 2 is 1.59 bits per heavy atom. The third-order valence-corrected chi connectivity index (χ3v) is 3.76. The number of carbonyl (C=O) groups excluding carboxylic acids is 2. The van der Waals surface area contributed by atoms with Gasteiger partial charge in [0.05, 0.1) is 11.8 Å². The van der Waals surface area contributed by atoms with E-state index in [9.17, 15) is 9.59 Å². The predicted octanol–water partition coefficient (Wildman–Crippen LogP) is 3.98. The second-order valence-corrected chi connectivity index (χ2v) is 5.89. The molecular formula is C22H18N2O3. The highest BCUT2D eigenvalue weighted by Crippen LogP contribution is 2.13. The fraction of sp³-hybridized carbons (Fsp3) is 0.0455. The van der Waals surface area contributed by atoms with Gasteiger partial charge in [-0.2, -0.15) is 5.10 Å². The summed E-state index contributed by atoms with van der Waals surface area (Å²) in [6.45, 7) is 1.92. The number of aryl methyl sites for hydroxylation is 1. The van der Waals surface area contributed by atoms with E-state index < -0.39 is 5.97 Å². The molecule has 134 valence electrons. The third kappa shape index (κ3) is 5.12. The highest BCUT2D eigenvalue weighted by molar-refractivity contribution is 5.95. The summed E-state index contributed by atoms with van der Waals surface area (Å²) in [5, 5.41) is 3.95. The van der Waals surface area contributed by atoms with Gasteiger partial charge in [0, 0.05) is 5.56 Å². The minimum atomic E-state index is -0.414. The highest BCUT2D eigenvalue weighted by Gasteiger charge is 2.07. The van der Waals surface area contributed by atoms with E-state index >= 15 is 0 Å². The van der Waals surface area contributed by atoms with Crippen molar-refractivity contribution in [1.29, 1.82) is 0 Å². The van der Waals surface area contributed by atoms with Crippen molar-refractivity contribution in [2.75, 3.05) is 0 Å². The normalized spacial score (nSPS) is 10.6. The molecule has 0 spiro atoms. The largest absolute Gasteiger partial charge is 0.423 e. The first kappa shape index (κ1) is 18.1. The smallest absolute Gasteiger partial charge is 0.343 e. The van der Waals surface area contributed by atoms with Gasteiger partial charge in [-0.05, 0) is 61.0 Å². The number of carbonyl (C=O) groups is 2. The number of ether oxygens (including phenoxy) is 1. The summed E-state index contributed by atoms with van der Waals surface area (Å²) in [5.74, 6) is -0.254. The number of nitrogens with one attached hydrogen (secondary N) is 1. The molecule has 3 rings (SSSR count). The molecule has 0 unspecified atom stereocenters. The fourth-order valence-electron chi connectivity index (χ4n) is 2.38. The summed E-state index contributed by atoms with van der Waals surface area (Å²) in [5.41, 5.74) is 5.30. The fourth-order valence-corrected chi connectivity index (χ4v) is 2.38. The molecule has 0 aliphatic carbocycles. The van der Waals surface area contributed by atoms with Crippen LogP contribution in [0.2, 0.25) is 0 Å². The van der Waals surface area contributed by atoms with Gasteiger partial charge in [-0.25, -0.2) is 10.2 Å². The van der Waals surface area contributed by atoms with E-state index in [4.69, 9.17) is 4.74 Å². The molecule has 1 amide bonds. The van der Waals surface area contributed by atoms with Crippen LogP contribution in [-0.2, 0) is 0 Å². The minimum Gasteiger partial charge on any atom is -0.423 e. The minimum absolute atomic E-state index is 0.275. The van der Waals surface area contributed by atoms with Crippen LogP contribution >= 0.6 is 0 Å². The number of esters is 1. The zero-order valence-corrected chi connectivity index (χ0v) is 14.8. The number of rotatable bonds is 5. The Hall–Kier alpha value is -3.73. The van der Waals surface area contributed by atoms with Crippen LogP contribution in [0.3, 0.4) is 0 Å². The van der Waals surface area contributed by atoms with Crippen molar-refractivity contribution in [1.82, 2.24) is 5.43 Å². The van der Waals surface area contributed by atoms with E-state index in [1.807, 2.05) is 25.1 Å². The van der Waals surface area contributed by atoms with Crippen LogP contribution in [0.25, 0.3) is 0 Å². The maximum Gasteiger partial charge on any atom is 0.343 e. The maximum atomic E-state index is 12.0. The number of hydrazone groups is 1. The topological polar surface area (TPSA) is 67.8 Å². The zero-order chi connectivity index (χ0) is 19.1. The average Bonchev–Trinajstić information content (AvgIpc) is 2.70. The van der Waals surface area contributed by atoms with Gasteiger partial charge in [0.1, 0.15) is 5.75 Å². The first-order valence-corrected chi connectivity index (χ1v) is 8.39. The number of hydrogen-bond donors (Lipinski definition) is 1. The Morgan fingerprint density at radius 1 is 0.889 bits per heavy atom. The van der Waals surface area contributed by atoms with Gasteiger partial charge >= 0.3 is 5.97 Å². The molecule has 0 aliphatic heterocycles. The highest BCUT2D eigenvalue weighted by atomic mass is 16.5. The summed E-state index contributed by atoms with van der Waals surface area (Å²) < 4.78 is 5.31. The Kier molecular flexibility index (Phi) is 5.74. The van der Waals surface area contributed by atoms with E-state index in [-0.39, 0.29) is 5.91 Å². The van der Waals surface area contributed by atoms with Crippen molar-refractivity contribution in [2.24, 2.45) is 5.10 Å². The Morgan fingerprint density at radius 3 is 2.30 bits per heavy atom. The van der Waals surface area contributed by atoms with Crippen LogP contribution < -0.4 is 10.2 Å². The van der Waals surface area contributed by atoms with Crippen LogP contribution in [0.15, 0.2) is 84.0 Å². The van der Waals surface area contributed by atoms with Crippen molar-refractivity contribution < 1.29 is 14.3 Å². The third-order valence-electron chi connectivity index (χ3n) is 3.76. The molecule has 0 saturated carbocycles. The molecule has 0 heterocycles. The molecule has 0 aromatic heterocycles. The van der Waals surface area contributed by atoms with Gasteiger partial charge in [-0.15, -0.1) is 0 Å². The molecule has 0 atom stereocenters. The van der Waals surface area contributed by atoms with E-state index in [0.717, 1.165) is 11.1 Å². The monoisotopic (exact) mass is 358 g/mol. The van der Waals surface area contributed by atoms with E-state index in [2.05, 4.69) is 10.5 Å². The molecule has 3 aromatic carbocycles. The second kappa shape index (κ2) is 8.58. The van der Waals surface area contributed by atoms with Crippen molar-refractivity contribution in [3.63, 3.8) is 0 Å². The molecule has 0 saturated heterocycles. The lowest BCUT2D eigenvalue weighted by atomic mass is 10.1. The average molecular weight is 358 g/mol. The summed E-state index contributed by atoms with van der Waals surface area (Å²) in [4.78, 5) is 24.0. The van der Waals surface area contributed by atoms with Crippen LogP contribution in [0.5, 0.6) is 5.75 Å². The van der Waals surface area contributed by atoms with Gasteiger partial charge in [0.2, 0.25) is 0 Å². The molecule has 0 radical (unpaired) electrons. The van der Waals surface area contributed by atoms with Crippen molar-refractivity contribution >= 4 is 18.1 Å². The summed E-state index contributed by atoms with van der Waals surface area (Å²) >= 11 is 0. The number of benzene rings is 3. The summed E-state index contributed by atoms with van der Waals surface area (Å²) in [6.07, 6.45) is 1.52. The number of hydrogen-bond acceptors (Lipinski definition) is 4. The van der Waals surface area contributed by atoms with Crippen LogP contribution in [0.4, 0.5) is 0 Å². The van der Waals surface area contributed by atoms with Crippen LogP contribution in [-0.4, -0.2) is 18.1 Å². The van der Waals surface area contributed by atoms with E-state index in [1.165, 1.54) is 6.21 Å². The van der Waals surface area contributed by atoms with Crippen LogP contribution in [0.1, 0.15) is 31.8 Å². The first-order valence-electron chi connectivity index (χ1n) is 8.39. The Labute approximate surface area is 157 Å². The van der Waals surface area contributed by atoms with Gasteiger partial charge in [-0.1, -0.05) is 35.9 Å². The van der Waals surface area contributed by atoms with Crippen molar-refractivity contribution in [3.05, 3.63) is 101 Å². The Balaban J connectivity index is 1.56. The molecular weight excluding hydrogens is 340 g/mol. The second-order valence-electron chi connectivity index (χ2n) is 5.89. The standard InChI is InChI=1S/C22H18N2O3/c1-16-6-5-9-19(14-16)21(25)24-23-15-17-10-12-20(13-11-17)27-22(26)18-7-3-2-4-8-18/h2-15H,1H3,(H,24,25)/b23-15-. The van der Waals surface area contributed by atoms with E-state index in [0.29, 0.717) is 16.9 Å². The van der Waals surface area contributed by atoms with Crippen LogP contribution in [0, 0.1) is 6.92 Å². The SMILES string of the molecule is Cc1cccc(C(=O)N/N=C\c2ccc(OC(=O)c3ccccc3)cc2)c1. The van der Waals surface area contributed by atoms with Gasteiger partial charge < -0.3 is 4.74 Å². The van der Waals surface area contributed by atoms with Gasteiger partial charge in [-0.3, -0.25) is 4.79 Å².